The second-order valence-electron chi connectivity index (χ2n) is 5.33. The third kappa shape index (κ3) is 3.80. The van der Waals surface area contributed by atoms with Gasteiger partial charge in [-0.25, -0.2) is 0 Å². The Bertz CT molecular complexity index is 431. The van der Waals surface area contributed by atoms with Gasteiger partial charge in [-0.05, 0) is 31.0 Å². The zero-order chi connectivity index (χ0) is 13.7. The van der Waals surface area contributed by atoms with E-state index in [9.17, 15) is 4.79 Å². The molecular formula is C16H24N2O. The van der Waals surface area contributed by atoms with E-state index in [0.717, 1.165) is 39.1 Å². The van der Waals surface area contributed by atoms with E-state index in [4.69, 9.17) is 0 Å². The fourth-order valence-corrected chi connectivity index (χ4v) is 2.61. The number of hydrogen-bond acceptors (Lipinski definition) is 2. The van der Waals surface area contributed by atoms with Crippen LogP contribution in [0.3, 0.4) is 0 Å². The number of benzene rings is 1. The number of carbonyl (C=O) groups is 1. The van der Waals surface area contributed by atoms with E-state index >= 15 is 0 Å². The molecule has 0 saturated carbocycles. The number of carbonyl (C=O) groups excluding carboxylic acids is 1. The number of rotatable bonds is 4. The summed E-state index contributed by atoms with van der Waals surface area (Å²) in [7, 11) is 0. The number of amides is 1. The molecule has 19 heavy (non-hydrogen) atoms. The lowest BCUT2D eigenvalue weighted by Gasteiger charge is -2.22. The molecule has 3 heteroatoms. The van der Waals surface area contributed by atoms with E-state index in [-0.39, 0.29) is 0 Å². The van der Waals surface area contributed by atoms with Crippen molar-refractivity contribution in [3.05, 3.63) is 35.4 Å². The van der Waals surface area contributed by atoms with E-state index in [1.165, 1.54) is 11.1 Å². The first kappa shape index (κ1) is 14.1. The molecule has 0 spiro atoms. The molecule has 1 heterocycles. The average molecular weight is 260 g/mol. The molecule has 104 valence electrons. The highest BCUT2D eigenvalue weighted by Crippen LogP contribution is 2.13. The van der Waals surface area contributed by atoms with Gasteiger partial charge in [0.1, 0.15) is 0 Å². The normalized spacial score (nSPS) is 17.6. The summed E-state index contributed by atoms with van der Waals surface area (Å²) in [6, 6.07) is 8.33. The van der Waals surface area contributed by atoms with Gasteiger partial charge in [-0.3, -0.25) is 4.79 Å². The Morgan fingerprint density at radius 2 is 1.95 bits per heavy atom. The molecule has 0 bridgehead atoms. The molecule has 0 unspecified atom stereocenters. The van der Waals surface area contributed by atoms with Crippen molar-refractivity contribution < 1.29 is 4.79 Å². The van der Waals surface area contributed by atoms with Crippen LogP contribution in [0.2, 0.25) is 0 Å². The first-order valence-electron chi connectivity index (χ1n) is 7.25. The van der Waals surface area contributed by atoms with Gasteiger partial charge in [-0.1, -0.05) is 31.2 Å². The van der Waals surface area contributed by atoms with Crippen molar-refractivity contribution in [2.45, 2.75) is 33.2 Å². The quantitative estimate of drug-likeness (QED) is 0.830. The second kappa shape index (κ2) is 6.71. The van der Waals surface area contributed by atoms with E-state index in [1.807, 2.05) is 17.0 Å². The second-order valence-corrected chi connectivity index (χ2v) is 5.33. The lowest BCUT2D eigenvalue weighted by Crippen LogP contribution is -2.33. The monoisotopic (exact) mass is 260 g/mol. The van der Waals surface area contributed by atoms with Gasteiger partial charge in [-0.15, -0.1) is 0 Å². The molecule has 1 aliphatic rings. The minimum atomic E-state index is 0.293. The minimum absolute atomic E-state index is 0.293. The van der Waals surface area contributed by atoms with Crippen molar-refractivity contribution in [1.29, 1.82) is 0 Å². The molecule has 1 aromatic carbocycles. The van der Waals surface area contributed by atoms with Gasteiger partial charge < -0.3 is 9.80 Å². The summed E-state index contributed by atoms with van der Waals surface area (Å²) in [6.07, 6.45) is 1.82. The number of nitrogens with zero attached hydrogens (tertiary/aromatic N) is 2. The molecule has 0 radical (unpaired) electrons. The summed E-state index contributed by atoms with van der Waals surface area (Å²) in [5.74, 6) is 0.293. The Hall–Kier alpha value is -1.35. The van der Waals surface area contributed by atoms with Crippen molar-refractivity contribution in [2.24, 2.45) is 0 Å². The Morgan fingerprint density at radius 1 is 1.16 bits per heavy atom. The van der Waals surface area contributed by atoms with Crippen LogP contribution in [0.15, 0.2) is 24.3 Å². The lowest BCUT2D eigenvalue weighted by atomic mass is 10.1. The Morgan fingerprint density at radius 3 is 2.68 bits per heavy atom. The van der Waals surface area contributed by atoms with Gasteiger partial charge in [-0.2, -0.15) is 0 Å². The number of hydrogen-bond donors (Lipinski definition) is 0. The standard InChI is InChI=1S/C16H24N2O/c1-3-9-17-10-8-16(19)18(12-11-17)13-15-7-5-4-6-14(15)2/h4-7H,3,8-13H2,1-2H3. The van der Waals surface area contributed by atoms with Crippen molar-refractivity contribution in [2.75, 3.05) is 26.2 Å². The predicted molar refractivity (Wildman–Crippen MR) is 77.9 cm³/mol. The summed E-state index contributed by atoms with van der Waals surface area (Å²) in [6.45, 7) is 8.94. The predicted octanol–water partition coefficient (Wildman–Crippen LogP) is 2.44. The Balaban J connectivity index is 2.00. The molecule has 3 nitrogen and oxygen atoms in total. The first-order chi connectivity index (χ1) is 9.20. The van der Waals surface area contributed by atoms with E-state index < -0.39 is 0 Å². The number of aryl methyl sites for hydroxylation is 1. The van der Waals surface area contributed by atoms with Gasteiger partial charge in [0.2, 0.25) is 5.91 Å². The highest BCUT2D eigenvalue weighted by atomic mass is 16.2. The summed E-state index contributed by atoms with van der Waals surface area (Å²) >= 11 is 0. The average Bonchev–Trinajstić information content (AvgIpc) is 2.57. The van der Waals surface area contributed by atoms with E-state index in [0.29, 0.717) is 12.3 Å². The SMILES string of the molecule is CCCN1CCC(=O)N(Cc2ccccc2C)CC1. The van der Waals surface area contributed by atoms with Crippen LogP contribution in [0.5, 0.6) is 0 Å². The van der Waals surface area contributed by atoms with Crippen LogP contribution >= 0.6 is 0 Å². The fraction of sp³-hybridized carbons (Fsp3) is 0.562. The molecule has 1 amide bonds. The van der Waals surface area contributed by atoms with Crippen molar-refractivity contribution in [1.82, 2.24) is 9.80 Å². The van der Waals surface area contributed by atoms with Crippen molar-refractivity contribution in [3.8, 4) is 0 Å². The largest absolute Gasteiger partial charge is 0.337 e. The highest BCUT2D eigenvalue weighted by molar-refractivity contribution is 5.76. The van der Waals surface area contributed by atoms with Crippen LogP contribution in [-0.2, 0) is 11.3 Å². The molecule has 1 saturated heterocycles. The van der Waals surface area contributed by atoms with Crippen LogP contribution < -0.4 is 0 Å². The summed E-state index contributed by atoms with van der Waals surface area (Å²) in [5.41, 5.74) is 2.53. The Kier molecular flexibility index (Phi) is 4.97. The van der Waals surface area contributed by atoms with Crippen molar-refractivity contribution >= 4 is 5.91 Å². The third-order valence-corrected chi connectivity index (χ3v) is 3.84. The molecule has 0 atom stereocenters. The summed E-state index contributed by atoms with van der Waals surface area (Å²) < 4.78 is 0. The highest BCUT2D eigenvalue weighted by Gasteiger charge is 2.20. The van der Waals surface area contributed by atoms with Crippen LogP contribution in [0.25, 0.3) is 0 Å². The van der Waals surface area contributed by atoms with Crippen LogP contribution in [-0.4, -0.2) is 41.9 Å². The fourth-order valence-electron chi connectivity index (χ4n) is 2.61. The molecule has 0 aromatic heterocycles. The zero-order valence-corrected chi connectivity index (χ0v) is 12.1. The molecule has 0 aliphatic carbocycles. The molecular weight excluding hydrogens is 236 g/mol. The van der Waals surface area contributed by atoms with Crippen LogP contribution in [0, 0.1) is 6.92 Å². The molecule has 2 rings (SSSR count). The summed E-state index contributed by atoms with van der Waals surface area (Å²) in [4.78, 5) is 16.6. The molecule has 1 fully saturated rings. The zero-order valence-electron chi connectivity index (χ0n) is 12.1. The van der Waals surface area contributed by atoms with Crippen LogP contribution in [0.4, 0.5) is 0 Å². The molecule has 1 aliphatic heterocycles. The third-order valence-electron chi connectivity index (χ3n) is 3.84. The van der Waals surface area contributed by atoms with E-state index in [2.05, 4.69) is 30.9 Å². The smallest absolute Gasteiger partial charge is 0.224 e. The molecule has 0 N–H and O–H groups in total. The van der Waals surface area contributed by atoms with Gasteiger partial charge in [0.25, 0.3) is 0 Å². The first-order valence-corrected chi connectivity index (χ1v) is 7.25. The van der Waals surface area contributed by atoms with Crippen LogP contribution in [0.1, 0.15) is 30.9 Å². The topological polar surface area (TPSA) is 23.6 Å². The van der Waals surface area contributed by atoms with E-state index in [1.54, 1.807) is 0 Å². The maximum absolute atomic E-state index is 12.2. The lowest BCUT2D eigenvalue weighted by molar-refractivity contribution is -0.130. The van der Waals surface area contributed by atoms with Gasteiger partial charge in [0, 0.05) is 32.6 Å². The molecule has 1 aromatic rings. The maximum atomic E-state index is 12.2. The summed E-state index contributed by atoms with van der Waals surface area (Å²) in [5, 5.41) is 0. The van der Waals surface area contributed by atoms with Gasteiger partial charge >= 0.3 is 0 Å². The Labute approximate surface area is 116 Å². The van der Waals surface area contributed by atoms with Gasteiger partial charge in [0.05, 0.1) is 0 Å². The van der Waals surface area contributed by atoms with Gasteiger partial charge in [0.15, 0.2) is 0 Å². The van der Waals surface area contributed by atoms with Crippen molar-refractivity contribution in [3.63, 3.8) is 0 Å². The maximum Gasteiger partial charge on any atom is 0.224 e. The minimum Gasteiger partial charge on any atom is -0.337 e.